The van der Waals surface area contributed by atoms with E-state index < -0.39 is 5.97 Å². The highest BCUT2D eigenvalue weighted by Gasteiger charge is 2.15. The Morgan fingerprint density at radius 2 is 1.88 bits per heavy atom. The van der Waals surface area contributed by atoms with Crippen LogP contribution in [0.2, 0.25) is 0 Å². The first-order valence-corrected chi connectivity index (χ1v) is 7.66. The van der Waals surface area contributed by atoms with Crippen LogP contribution in [-0.2, 0) is 0 Å². The summed E-state index contributed by atoms with van der Waals surface area (Å²) in [6.07, 6.45) is 0. The largest absolute Gasteiger partial charge is 0.496 e. The lowest BCUT2D eigenvalue weighted by atomic mass is 10.1. The topological polar surface area (TPSA) is 86.0 Å². The van der Waals surface area contributed by atoms with Gasteiger partial charge in [0, 0.05) is 28.7 Å². The summed E-state index contributed by atoms with van der Waals surface area (Å²) in [7, 11) is 2.96. The Labute approximate surface area is 148 Å². The van der Waals surface area contributed by atoms with Gasteiger partial charge in [-0.2, -0.15) is 0 Å². The van der Waals surface area contributed by atoms with E-state index in [1.165, 1.54) is 32.4 Å². The van der Waals surface area contributed by atoms with Crippen molar-refractivity contribution < 1.29 is 23.8 Å². The number of hydrogen-bond acceptors (Lipinski definition) is 6. The number of carbonyl (C=O) groups is 1. The van der Waals surface area contributed by atoms with E-state index in [2.05, 4.69) is 12.6 Å². The maximum Gasteiger partial charge on any atom is 0.336 e. The minimum Gasteiger partial charge on any atom is -0.496 e. The van der Waals surface area contributed by atoms with Crippen molar-refractivity contribution in [3.8, 4) is 22.8 Å². The molecule has 0 spiro atoms. The molecule has 7 heteroatoms. The molecule has 0 radical (unpaired) electrons. The second-order valence-corrected chi connectivity index (χ2v) is 5.70. The van der Waals surface area contributed by atoms with Crippen LogP contribution in [0, 0.1) is 0 Å². The fraction of sp³-hybridized carbons (Fsp3) is 0.111. The molecule has 0 atom stereocenters. The number of benzene rings is 2. The van der Waals surface area contributed by atoms with Crippen LogP contribution in [0.3, 0.4) is 0 Å². The highest BCUT2D eigenvalue weighted by molar-refractivity contribution is 7.80. The molecule has 0 fully saturated rings. The summed E-state index contributed by atoms with van der Waals surface area (Å²) in [5, 5.41) is 9.38. The predicted molar refractivity (Wildman–Crippen MR) is 95.2 cm³/mol. The zero-order valence-corrected chi connectivity index (χ0v) is 14.3. The van der Waals surface area contributed by atoms with Crippen LogP contribution in [0.15, 0.2) is 50.5 Å². The molecule has 0 saturated carbocycles. The van der Waals surface area contributed by atoms with E-state index in [1.54, 1.807) is 18.2 Å². The van der Waals surface area contributed by atoms with E-state index in [1.807, 2.05) is 0 Å². The Hall–Kier alpha value is -2.93. The van der Waals surface area contributed by atoms with E-state index in [0.717, 1.165) is 0 Å². The Balaban J connectivity index is 2.23. The molecule has 2 aromatic carbocycles. The molecule has 128 valence electrons. The first kappa shape index (κ1) is 16.9. The molecule has 25 heavy (non-hydrogen) atoms. The SMILES string of the molecule is COc1cc(OC)c2c(=O)cc(-c3ccc(C(=O)O)c(S)c3)oc2c1. The van der Waals surface area contributed by atoms with Crippen molar-refractivity contribution in [1.82, 2.24) is 0 Å². The van der Waals surface area contributed by atoms with Gasteiger partial charge in [-0.25, -0.2) is 4.79 Å². The highest BCUT2D eigenvalue weighted by atomic mass is 32.1. The van der Waals surface area contributed by atoms with E-state index >= 15 is 0 Å². The Kier molecular flexibility index (Phi) is 4.41. The van der Waals surface area contributed by atoms with Crippen LogP contribution < -0.4 is 14.9 Å². The zero-order chi connectivity index (χ0) is 18.1. The number of thiol groups is 1. The summed E-state index contributed by atoms with van der Waals surface area (Å²) in [6.45, 7) is 0. The fourth-order valence-electron chi connectivity index (χ4n) is 2.52. The standard InChI is InChI=1S/C18H14O6S/c1-22-10-6-14(23-2)17-12(19)8-13(24-15(17)7-10)9-3-4-11(18(20)21)16(25)5-9/h3-8,25H,1-2H3,(H,20,21). The molecule has 0 unspecified atom stereocenters. The highest BCUT2D eigenvalue weighted by Crippen LogP contribution is 2.32. The zero-order valence-electron chi connectivity index (χ0n) is 13.4. The van der Waals surface area contributed by atoms with Gasteiger partial charge in [-0.1, -0.05) is 6.07 Å². The smallest absolute Gasteiger partial charge is 0.336 e. The third-order valence-electron chi connectivity index (χ3n) is 3.74. The lowest BCUT2D eigenvalue weighted by molar-refractivity contribution is 0.0693. The monoisotopic (exact) mass is 358 g/mol. The molecule has 3 rings (SSSR count). The van der Waals surface area contributed by atoms with Crippen LogP contribution >= 0.6 is 12.6 Å². The van der Waals surface area contributed by atoms with Gasteiger partial charge in [-0.15, -0.1) is 12.6 Å². The van der Waals surface area contributed by atoms with Crippen molar-refractivity contribution in [3.05, 3.63) is 52.2 Å². The predicted octanol–water partition coefficient (Wildman–Crippen LogP) is 3.46. The molecule has 0 aliphatic rings. The number of carboxylic acid groups (broad SMARTS) is 1. The Bertz CT molecular complexity index is 1040. The lowest BCUT2D eigenvalue weighted by Gasteiger charge is -2.10. The van der Waals surface area contributed by atoms with Gasteiger partial charge in [0.1, 0.15) is 28.2 Å². The van der Waals surface area contributed by atoms with Crippen molar-refractivity contribution in [2.24, 2.45) is 0 Å². The summed E-state index contributed by atoms with van der Waals surface area (Å²) in [5.41, 5.74) is 0.634. The molecular formula is C18H14O6S. The van der Waals surface area contributed by atoms with Crippen molar-refractivity contribution >= 4 is 29.6 Å². The molecule has 0 aliphatic carbocycles. The average Bonchev–Trinajstić information content (AvgIpc) is 2.59. The van der Waals surface area contributed by atoms with E-state index in [-0.39, 0.29) is 15.9 Å². The van der Waals surface area contributed by atoms with Gasteiger partial charge >= 0.3 is 5.97 Å². The van der Waals surface area contributed by atoms with Crippen molar-refractivity contribution in [2.75, 3.05) is 14.2 Å². The second kappa shape index (κ2) is 6.52. The number of aromatic carboxylic acids is 1. The second-order valence-electron chi connectivity index (χ2n) is 5.21. The quantitative estimate of drug-likeness (QED) is 0.695. The number of fused-ring (bicyclic) bond motifs is 1. The first-order chi connectivity index (χ1) is 11.9. The maximum atomic E-state index is 12.5. The molecule has 1 aromatic heterocycles. The third-order valence-corrected chi connectivity index (χ3v) is 4.11. The molecule has 0 amide bonds. The van der Waals surface area contributed by atoms with Crippen LogP contribution in [0.5, 0.6) is 11.5 Å². The van der Waals surface area contributed by atoms with E-state index in [0.29, 0.717) is 33.8 Å². The van der Waals surface area contributed by atoms with Gasteiger partial charge in [-0.3, -0.25) is 4.79 Å². The Morgan fingerprint density at radius 1 is 1.12 bits per heavy atom. The van der Waals surface area contributed by atoms with Crippen molar-refractivity contribution in [2.45, 2.75) is 4.90 Å². The third kappa shape index (κ3) is 3.06. The van der Waals surface area contributed by atoms with Gasteiger partial charge < -0.3 is 19.0 Å². The number of methoxy groups -OCH3 is 2. The molecule has 1 N–H and O–H groups in total. The van der Waals surface area contributed by atoms with Crippen LogP contribution in [0.25, 0.3) is 22.3 Å². The summed E-state index contributed by atoms with van der Waals surface area (Å²) in [6, 6.07) is 9.04. The lowest BCUT2D eigenvalue weighted by Crippen LogP contribution is -2.03. The van der Waals surface area contributed by atoms with E-state index in [4.69, 9.17) is 19.0 Å². The number of rotatable bonds is 4. The fourth-order valence-corrected chi connectivity index (χ4v) is 2.82. The molecular weight excluding hydrogens is 344 g/mol. The Morgan fingerprint density at radius 3 is 2.48 bits per heavy atom. The van der Waals surface area contributed by atoms with Crippen molar-refractivity contribution in [1.29, 1.82) is 0 Å². The van der Waals surface area contributed by atoms with Gasteiger partial charge in [0.15, 0.2) is 5.43 Å². The van der Waals surface area contributed by atoms with E-state index in [9.17, 15) is 9.59 Å². The van der Waals surface area contributed by atoms with Gasteiger partial charge in [0.2, 0.25) is 0 Å². The molecule has 0 aliphatic heterocycles. The van der Waals surface area contributed by atoms with Crippen molar-refractivity contribution in [3.63, 3.8) is 0 Å². The number of ether oxygens (including phenoxy) is 2. The van der Waals surface area contributed by atoms with Gasteiger partial charge in [-0.05, 0) is 12.1 Å². The van der Waals surface area contributed by atoms with Gasteiger partial charge in [0.05, 0.1) is 19.8 Å². The maximum absolute atomic E-state index is 12.5. The minimum atomic E-state index is -1.08. The summed E-state index contributed by atoms with van der Waals surface area (Å²) in [5.74, 6) is 0.0533. The molecule has 1 heterocycles. The average molecular weight is 358 g/mol. The molecule has 6 nitrogen and oxygen atoms in total. The molecule has 3 aromatic rings. The summed E-state index contributed by atoms with van der Waals surface area (Å²) < 4.78 is 16.3. The normalized spacial score (nSPS) is 10.7. The number of hydrogen-bond donors (Lipinski definition) is 2. The van der Waals surface area contributed by atoms with Crippen LogP contribution in [-0.4, -0.2) is 25.3 Å². The van der Waals surface area contributed by atoms with Crippen LogP contribution in [0.4, 0.5) is 0 Å². The van der Waals surface area contributed by atoms with Gasteiger partial charge in [0.25, 0.3) is 0 Å². The minimum absolute atomic E-state index is 0.0681. The number of carboxylic acids is 1. The summed E-state index contributed by atoms with van der Waals surface area (Å²) >= 11 is 4.18. The molecule has 0 bridgehead atoms. The first-order valence-electron chi connectivity index (χ1n) is 7.21. The van der Waals surface area contributed by atoms with Crippen LogP contribution in [0.1, 0.15) is 10.4 Å². The summed E-state index contributed by atoms with van der Waals surface area (Å²) in [4.78, 5) is 23.9. The molecule has 0 saturated heterocycles.